The van der Waals surface area contributed by atoms with E-state index in [1.165, 1.54) is 7.11 Å². The highest BCUT2D eigenvalue weighted by molar-refractivity contribution is 7.79. The van der Waals surface area contributed by atoms with Crippen LogP contribution in [0.3, 0.4) is 0 Å². The maximum Gasteiger partial charge on any atom is 0.305 e. The fraction of sp³-hybridized carbons (Fsp3) is 0.667. The number of esters is 1. The molecule has 0 aliphatic carbocycles. The number of hydrogen-bond donors (Lipinski definition) is 0. The summed E-state index contributed by atoms with van der Waals surface area (Å²) in [5.74, 6) is -0.143. The molecule has 0 heterocycles. The quantitative estimate of drug-likeness (QED) is 0.273. The number of unbranched alkanes of at least 4 members (excludes halogenated alkanes) is 2. The van der Waals surface area contributed by atoms with Crippen molar-refractivity contribution >= 4 is 29.8 Å². The van der Waals surface area contributed by atoms with Crippen molar-refractivity contribution in [2.75, 3.05) is 13.7 Å². The molecule has 0 saturated carbocycles. The molecule has 0 aromatic carbocycles. The third kappa shape index (κ3) is 9.14. The van der Waals surface area contributed by atoms with E-state index < -0.39 is 0 Å². The summed E-state index contributed by atoms with van der Waals surface area (Å²) in [5, 5.41) is 1.59. The fourth-order valence-electron chi connectivity index (χ4n) is 0.816. The van der Waals surface area contributed by atoms with E-state index in [2.05, 4.69) is 21.9 Å². The van der Waals surface area contributed by atoms with Gasteiger partial charge in [0.2, 0.25) is 0 Å². The normalized spacial score (nSPS) is 10.2. The van der Waals surface area contributed by atoms with Crippen LogP contribution in [0.15, 0.2) is 4.99 Å². The van der Waals surface area contributed by atoms with E-state index in [0.717, 1.165) is 19.3 Å². The van der Waals surface area contributed by atoms with Gasteiger partial charge in [0.1, 0.15) is 0 Å². The van der Waals surface area contributed by atoms with Gasteiger partial charge >= 0.3 is 5.97 Å². The minimum atomic E-state index is -0.143. The molecule has 0 unspecified atom stereocenters. The SMILES string of the molecule is COC(=O)CCCCC=NCC=S. The number of ether oxygens (including phenoxy) is 1. The summed E-state index contributed by atoms with van der Waals surface area (Å²) in [4.78, 5) is 14.7. The first kappa shape index (κ1) is 12.2. The number of nitrogens with zero attached hydrogens (tertiary/aromatic N) is 1. The Morgan fingerprint density at radius 1 is 1.54 bits per heavy atom. The number of rotatable bonds is 7. The molecule has 0 amide bonds. The topological polar surface area (TPSA) is 38.7 Å². The van der Waals surface area contributed by atoms with Crippen LogP contribution in [0.25, 0.3) is 0 Å². The summed E-state index contributed by atoms with van der Waals surface area (Å²) >= 11 is 4.60. The fourth-order valence-corrected chi connectivity index (χ4v) is 0.902. The molecule has 0 spiro atoms. The van der Waals surface area contributed by atoms with Gasteiger partial charge in [-0.25, -0.2) is 0 Å². The van der Waals surface area contributed by atoms with Crippen LogP contribution in [0.2, 0.25) is 0 Å². The standard InChI is InChI=1S/C9H15NO2S/c1-12-9(11)5-3-2-4-6-10-7-8-13/h6,8H,2-5,7H2,1H3. The van der Waals surface area contributed by atoms with E-state index in [1.807, 2.05) is 6.21 Å². The van der Waals surface area contributed by atoms with Crippen LogP contribution >= 0.6 is 12.2 Å². The minimum absolute atomic E-state index is 0.143. The van der Waals surface area contributed by atoms with Crippen molar-refractivity contribution in [1.29, 1.82) is 0 Å². The summed E-state index contributed by atoms with van der Waals surface area (Å²) in [6.45, 7) is 0.604. The second-order valence-corrected chi connectivity index (χ2v) is 2.87. The molecular formula is C9H15NO2S. The zero-order chi connectivity index (χ0) is 9.94. The highest BCUT2D eigenvalue weighted by Crippen LogP contribution is 1.99. The Bertz CT molecular complexity index is 180. The summed E-state index contributed by atoms with van der Waals surface area (Å²) in [5.41, 5.74) is 0. The van der Waals surface area contributed by atoms with Crippen LogP contribution in [0, 0.1) is 0 Å². The average Bonchev–Trinajstić information content (AvgIpc) is 2.16. The minimum Gasteiger partial charge on any atom is -0.469 e. The van der Waals surface area contributed by atoms with Crippen molar-refractivity contribution in [2.24, 2.45) is 4.99 Å². The second kappa shape index (κ2) is 9.32. The molecule has 0 aromatic rings. The molecule has 0 bridgehead atoms. The van der Waals surface area contributed by atoms with E-state index in [9.17, 15) is 4.79 Å². The van der Waals surface area contributed by atoms with E-state index in [0.29, 0.717) is 13.0 Å². The third-order valence-electron chi connectivity index (χ3n) is 1.50. The molecule has 0 aromatic heterocycles. The summed E-state index contributed by atoms with van der Waals surface area (Å²) in [6, 6.07) is 0. The zero-order valence-corrected chi connectivity index (χ0v) is 8.68. The third-order valence-corrected chi connectivity index (χ3v) is 1.65. The highest BCUT2D eigenvalue weighted by atomic mass is 32.1. The van der Waals surface area contributed by atoms with Gasteiger partial charge in [-0.1, -0.05) is 12.2 Å². The Morgan fingerprint density at radius 3 is 2.92 bits per heavy atom. The highest BCUT2D eigenvalue weighted by Gasteiger charge is 1.97. The molecule has 13 heavy (non-hydrogen) atoms. The van der Waals surface area contributed by atoms with Gasteiger partial charge in [0.15, 0.2) is 0 Å². The monoisotopic (exact) mass is 201 g/mol. The van der Waals surface area contributed by atoms with Gasteiger partial charge in [-0.15, -0.1) is 0 Å². The number of hydrogen-bond acceptors (Lipinski definition) is 4. The molecule has 0 rings (SSSR count). The maximum atomic E-state index is 10.7. The summed E-state index contributed by atoms with van der Waals surface area (Å²) in [6.07, 6.45) is 5.07. The molecule has 74 valence electrons. The summed E-state index contributed by atoms with van der Waals surface area (Å²) in [7, 11) is 1.41. The number of carbonyl (C=O) groups is 1. The number of thiocarbonyl (C=S) groups is 1. The lowest BCUT2D eigenvalue weighted by atomic mass is 10.2. The molecule has 3 nitrogen and oxygen atoms in total. The van der Waals surface area contributed by atoms with Crippen LogP contribution in [0.1, 0.15) is 25.7 Å². The Hall–Kier alpha value is -0.770. The first-order valence-electron chi connectivity index (χ1n) is 4.30. The van der Waals surface area contributed by atoms with Gasteiger partial charge in [-0.2, -0.15) is 0 Å². The lowest BCUT2D eigenvalue weighted by Crippen LogP contribution is -1.99. The van der Waals surface area contributed by atoms with Crippen LogP contribution in [0.5, 0.6) is 0 Å². The first-order valence-corrected chi connectivity index (χ1v) is 4.77. The molecule has 0 radical (unpaired) electrons. The Balaban J connectivity index is 3.16. The van der Waals surface area contributed by atoms with Crippen molar-refractivity contribution in [2.45, 2.75) is 25.7 Å². The van der Waals surface area contributed by atoms with Gasteiger partial charge in [0, 0.05) is 11.8 Å². The second-order valence-electron chi connectivity index (χ2n) is 2.54. The number of aliphatic imine (C=N–C) groups is 1. The molecular weight excluding hydrogens is 186 g/mol. The van der Waals surface area contributed by atoms with Crippen molar-refractivity contribution < 1.29 is 9.53 Å². The van der Waals surface area contributed by atoms with Gasteiger partial charge in [0.25, 0.3) is 0 Å². The van der Waals surface area contributed by atoms with Gasteiger partial charge < -0.3 is 4.74 Å². The molecule has 0 aliphatic rings. The van der Waals surface area contributed by atoms with Crippen molar-refractivity contribution in [3.05, 3.63) is 0 Å². The van der Waals surface area contributed by atoms with Crippen molar-refractivity contribution in [3.63, 3.8) is 0 Å². The maximum absolute atomic E-state index is 10.7. The molecule has 0 atom stereocenters. The Kier molecular flexibility index (Phi) is 8.77. The Labute approximate surface area is 84.2 Å². The predicted molar refractivity (Wildman–Crippen MR) is 57.5 cm³/mol. The van der Waals surface area contributed by atoms with Crippen LogP contribution in [0.4, 0.5) is 0 Å². The lowest BCUT2D eigenvalue weighted by Gasteiger charge is -1.96. The van der Waals surface area contributed by atoms with Gasteiger partial charge in [-0.05, 0) is 25.5 Å². The van der Waals surface area contributed by atoms with E-state index in [-0.39, 0.29) is 5.97 Å². The first-order chi connectivity index (χ1) is 6.31. The largest absolute Gasteiger partial charge is 0.469 e. The molecule has 0 saturated heterocycles. The van der Waals surface area contributed by atoms with Crippen LogP contribution < -0.4 is 0 Å². The molecule has 0 fully saturated rings. The molecule has 0 N–H and O–H groups in total. The smallest absolute Gasteiger partial charge is 0.305 e. The number of methoxy groups -OCH3 is 1. The van der Waals surface area contributed by atoms with Crippen LogP contribution in [-0.4, -0.2) is 31.2 Å². The Morgan fingerprint density at radius 2 is 2.31 bits per heavy atom. The average molecular weight is 201 g/mol. The lowest BCUT2D eigenvalue weighted by molar-refractivity contribution is -0.140. The van der Waals surface area contributed by atoms with Gasteiger partial charge in [0.05, 0.1) is 13.7 Å². The predicted octanol–water partition coefficient (Wildman–Crippen LogP) is 1.79. The zero-order valence-electron chi connectivity index (χ0n) is 7.86. The molecule has 4 heteroatoms. The van der Waals surface area contributed by atoms with E-state index >= 15 is 0 Å². The van der Waals surface area contributed by atoms with Crippen molar-refractivity contribution in [1.82, 2.24) is 0 Å². The molecule has 0 aliphatic heterocycles. The number of carbonyl (C=O) groups excluding carboxylic acids is 1. The van der Waals surface area contributed by atoms with Crippen LogP contribution in [-0.2, 0) is 9.53 Å². The van der Waals surface area contributed by atoms with E-state index in [1.54, 1.807) is 5.37 Å². The van der Waals surface area contributed by atoms with Crippen molar-refractivity contribution in [3.8, 4) is 0 Å². The van der Waals surface area contributed by atoms with E-state index in [4.69, 9.17) is 0 Å². The summed E-state index contributed by atoms with van der Waals surface area (Å²) < 4.78 is 4.50. The van der Waals surface area contributed by atoms with Gasteiger partial charge in [-0.3, -0.25) is 9.79 Å².